The van der Waals surface area contributed by atoms with Crippen LogP contribution in [0, 0.1) is 0 Å². The Labute approximate surface area is 103 Å². The van der Waals surface area contributed by atoms with Crippen LogP contribution in [0.15, 0.2) is 29.8 Å². The molecule has 0 amide bonds. The summed E-state index contributed by atoms with van der Waals surface area (Å²) < 4.78 is 0. The van der Waals surface area contributed by atoms with Crippen molar-refractivity contribution in [1.29, 1.82) is 0 Å². The first kappa shape index (κ1) is 10.5. The molecule has 86 valence electrons. The lowest BCUT2D eigenvalue weighted by Crippen LogP contribution is -2.02. The highest BCUT2D eigenvalue weighted by molar-refractivity contribution is 7.09. The van der Waals surface area contributed by atoms with Gasteiger partial charge in [0, 0.05) is 17.5 Å². The molecule has 1 unspecified atom stereocenters. The maximum absolute atomic E-state index is 11.1. The molecule has 1 aromatic heterocycles. The van der Waals surface area contributed by atoms with Crippen molar-refractivity contribution in [1.82, 2.24) is 4.98 Å². The van der Waals surface area contributed by atoms with Crippen LogP contribution in [0.25, 0.3) is 0 Å². The van der Waals surface area contributed by atoms with E-state index >= 15 is 0 Å². The smallest absolute Gasteiger partial charge is 0.335 e. The van der Waals surface area contributed by atoms with Gasteiger partial charge in [-0.1, -0.05) is 12.1 Å². The minimum Gasteiger partial charge on any atom is -0.478 e. The number of hydrogen-bond acceptors (Lipinski definition) is 3. The number of aromatic nitrogens is 1. The zero-order valence-electron chi connectivity index (χ0n) is 9.09. The third-order valence-electron chi connectivity index (χ3n) is 3.25. The van der Waals surface area contributed by atoms with Gasteiger partial charge < -0.3 is 5.11 Å². The Balaban J connectivity index is 2.09. The van der Waals surface area contributed by atoms with Crippen LogP contribution in [-0.2, 0) is 6.42 Å². The fourth-order valence-electron chi connectivity index (χ4n) is 2.52. The summed E-state index contributed by atoms with van der Waals surface area (Å²) in [7, 11) is 0. The average Bonchev–Trinajstić information content (AvgIpc) is 2.96. The van der Waals surface area contributed by atoms with Crippen molar-refractivity contribution < 1.29 is 9.90 Å². The largest absolute Gasteiger partial charge is 0.478 e. The van der Waals surface area contributed by atoms with Crippen LogP contribution < -0.4 is 0 Å². The van der Waals surface area contributed by atoms with E-state index in [1.807, 2.05) is 17.5 Å². The van der Waals surface area contributed by atoms with Gasteiger partial charge in [0.05, 0.1) is 10.6 Å². The van der Waals surface area contributed by atoms with Gasteiger partial charge in [-0.15, -0.1) is 11.3 Å². The van der Waals surface area contributed by atoms with Gasteiger partial charge in [0.15, 0.2) is 0 Å². The highest BCUT2D eigenvalue weighted by Gasteiger charge is 2.28. The van der Waals surface area contributed by atoms with E-state index in [1.165, 1.54) is 0 Å². The lowest BCUT2D eigenvalue weighted by Gasteiger charge is -2.08. The molecule has 3 rings (SSSR count). The number of rotatable bonds is 2. The van der Waals surface area contributed by atoms with E-state index in [-0.39, 0.29) is 5.92 Å². The van der Waals surface area contributed by atoms with Gasteiger partial charge >= 0.3 is 5.97 Å². The fourth-order valence-corrected chi connectivity index (χ4v) is 3.31. The van der Waals surface area contributed by atoms with Crippen LogP contribution in [0.3, 0.4) is 0 Å². The normalized spacial score (nSPS) is 18.0. The predicted molar refractivity (Wildman–Crippen MR) is 65.7 cm³/mol. The first-order valence-electron chi connectivity index (χ1n) is 5.52. The van der Waals surface area contributed by atoms with Gasteiger partial charge in [-0.25, -0.2) is 9.78 Å². The third-order valence-corrected chi connectivity index (χ3v) is 4.14. The van der Waals surface area contributed by atoms with E-state index in [4.69, 9.17) is 5.11 Å². The van der Waals surface area contributed by atoms with Crippen molar-refractivity contribution in [3.8, 4) is 0 Å². The first-order chi connectivity index (χ1) is 8.27. The molecule has 1 aliphatic rings. The van der Waals surface area contributed by atoms with Gasteiger partial charge in [0.25, 0.3) is 0 Å². The zero-order valence-corrected chi connectivity index (χ0v) is 9.91. The van der Waals surface area contributed by atoms with Gasteiger partial charge in [-0.3, -0.25) is 0 Å². The Morgan fingerprint density at radius 1 is 1.47 bits per heavy atom. The molecule has 0 spiro atoms. The third kappa shape index (κ3) is 1.65. The predicted octanol–water partition coefficient (Wildman–Crippen LogP) is 2.92. The van der Waals surface area contributed by atoms with E-state index in [2.05, 4.69) is 4.98 Å². The summed E-state index contributed by atoms with van der Waals surface area (Å²) in [6.45, 7) is 0. The first-order valence-corrected chi connectivity index (χ1v) is 6.40. The molecule has 0 saturated heterocycles. The van der Waals surface area contributed by atoms with Crippen LogP contribution >= 0.6 is 11.3 Å². The standard InChI is InChI=1S/C13H11NO2S/c15-13(16)11-3-1-2-8-9(11)4-5-10(8)12-14-6-7-17-12/h1-3,6-7,10H,4-5H2,(H,15,16). The quantitative estimate of drug-likeness (QED) is 0.885. The van der Waals surface area contributed by atoms with E-state index in [0.29, 0.717) is 5.56 Å². The molecule has 1 atom stereocenters. The van der Waals surface area contributed by atoms with Crippen LogP contribution in [0.4, 0.5) is 0 Å². The minimum atomic E-state index is -0.832. The summed E-state index contributed by atoms with van der Waals surface area (Å²) in [5.74, 6) is -0.550. The Morgan fingerprint density at radius 2 is 2.35 bits per heavy atom. The molecule has 1 N–H and O–H groups in total. The number of nitrogens with zero attached hydrogens (tertiary/aromatic N) is 1. The SMILES string of the molecule is O=C(O)c1cccc2c1CCC2c1nccs1. The molecule has 1 aliphatic carbocycles. The van der Waals surface area contributed by atoms with Crippen LogP contribution in [0.5, 0.6) is 0 Å². The lowest BCUT2D eigenvalue weighted by atomic mass is 9.99. The molecule has 17 heavy (non-hydrogen) atoms. The fraction of sp³-hybridized carbons (Fsp3) is 0.231. The van der Waals surface area contributed by atoms with E-state index in [0.717, 1.165) is 29.0 Å². The van der Waals surface area contributed by atoms with Crippen molar-refractivity contribution in [2.75, 3.05) is 0 Å². The van der Waals surface area contributed by atoms with Gasteiger partial charge in [-0.05, 0) is 30.0 Å². The summed E-state index contributed by atoms with van der Waals surface area (Å²) in [5.41, 5.74) is 2.57. The van der Waals surface area contributed by atoms with E-state index in [9.17, 15) is 4.79 Å². The van der Waals surface area contributed by atoms with E-state index < -0.39 is 5.97 Å². The van der Waals surface area contributed by atoms with Gasteiger partial charge in [0.1, 0.15) is 0 Å². The highest BCUT2D eigenvalue weighted by Crippen LogP contribution is 2.40. The molecule has 0 bridgehead atoms. The second-order valence-corrected chi connectivity index (χ2v) is 5.07. The van der Waals surface area contributed by atoms with Gasteiger partial charge in [0.2, 0.25) is 0 Å². The Bertz CT molecular complexity index is 563. The summed E-state index contributed by atoms with van der Waals surface area (Å²) in [4.78, 5) is 15.5. The number of fused-ring (bicyclic) bond motifs is 1. The Kier molecular flexibility index (Phi) is 2.44. The topological polar surface area (TPSA) is 50.2 Å². The molecule has 0 saturated carbocycles. The van der Waals surface area contributed by atoms with Crippen LogP contribution in [0.2, 0.25) is 0 Å². The molecule has 0 radical (unpaired) electrons. The summed E-state index contributed by atoms with van der Waals surface area (Å²) in [6, 6.07) is 5.54. The van der Waals surface area contributed by atoms with Crippen molar-refractivity contribution in [2.45, 2.75) is 18.8 Å². The van der Waals surface area contributed by atoms with Crippen LogP contribution in [-0.4, -0.2) is 16.1 Å². The number of aromatic carboxylic acids is 1. The number of carboxylic acids is 1. The Hall–Kier alpha value is -1.68. The second-order valence-electron chi connectivity index (χ2n) is 4.14. The molecule has 3 nitrogen and oxygen atoms in total. The average molecular weight is 245 g/mol. The molecule has 2 aromatic rings. The number of benzene rings is 1. The molecular formula is C13H11NO2S. The summed E-state index contributed by atoms with van der Waals surface area (Å²) in [5, 5.41) is 12.2. The van der Waals surface area contributed by atoms with E-state index in [1.54, 1.807) is 23.6 Å². The molecular weight excluding hydrogens is 234 g/mol. The van der Waals surface area contributed by atoms with Crippen molar-refractivity contribution >= 4 is 17.3 Å². The second kappa shape index (κ2) is 3.96. The lowest BCUT2D eigenvalue weighted by molar-refractivity contribution is 0.0696. The summed E-state index contributed by atoms with van der Waals surface area (Å²) >= 11 is 1.64. The summed E-state index contributed by atoms with van der Waals surface area (Å²) in [6.07, 6.45) is 3.61. The number of carboxylic acid groups (broad SMARTS) is 1. The van der Waals surface area contributed by atoms with Crippen molar-refractivity contribution in [2.24, 2.45) is 0 Å². The molecule has 1 aromatic carbocycles. The van der Waals surface area contributed by atoms with Crippen molar-refractivity contribution in [3.05, 3.63) is 51.5 Å². The molecule has 0 aliphatic heterocycles. The van der Waals surface area contributed by atoms with Crippen LogP contribution in [0.1, 0.15) is 38.8 Å². The minimum absolute atomic E-state index is 0.282. The highest BCUT2D eigenvalue weighted by atomic mass is 32.1. The number of thiazole rings is 1. The molecule has 4 heteroatoms. The maximum Gasteiger partial charge on any atom is 0.335 e. The number of hydrogen-bond donors (Lipinski definition) is 1. The Morgan fingerprint density at radius 3 is 3.06 bits per heavy atom. The maximum atomic E-state index is 11.1. The monoisotopic (exact) mass is 245 g/mol. The number of carbonyl (C=O) groups is 1. The zero-order chi connectivity index (χ0) is 11.8. The molecule has 0 fully saturated rings. The molecule has 1 heterocycles. The van der Waals surface area contributed by atoms with Gasteiger partial charge in [-0.2, -0.15) is 0 Å². The van der Waals surface area contributed by atoms with Crippen molar-refractivity contribution in [3.63, 3.8) is 0 Å².